The summed E-state index contributed by atoms with van der Waals surface area (Å²) in [4.78, 5) is 6.54. The molecule has 0 aliphatic carbocycles. The van der Waals surface area contributed by atoms with Crippen LogP contribution in [-0.2, 0) is 6.54 Å². The lowest BCUT2D eigenvalue weighted by Gasteiger charge is -2.20. The second-order valence-corrected chi connectivity index (χ2v) is 5.13. The largest absolute Gasteiger partial charge is 0.327 e. The van der Waals surface area contributed by atoms with Crippen molar-refractivity contribution in [3.8, 4) is 0 Å². The smallest absolute Gasteiger partial charge is 0.0795 e. The summed E-state index contributed by atoms with van der Waals surface area (Å²) in [5.41, 5.74) is 9.03. The highest BCUT2D eigenvalue weighted by molar-refractivity contribution is 7.07. The van der Waals surface area contributed by atoms with Gasteiger partial charge in [0.25, 0.3) is 0 Å². The standard InChI is InChI=1S/C11H21N3S/c1-9(2)11(12)4-5-14(3)6-10-7-15-8-13-10/h7-9,11H,4-6,12H2,1-3H3. The van der Waals surface area contributed by atoms with Gasteiger partial charge in [0, 0.05) is 18.0 Å². The third-order valence-corrected chi connectivity index (χ3v) is 3.25. The fourth-order valence-electron chi connectivity index (χ4n) is 1.37. The Morgan fingerprint density at radius 1 is 1.53 bits per heavy atom. The molecular formula is C11H21N3S. The van der Waals surface area contributed by atoms with Crippen molar-refractivity contribution in [2.45, 2.75) is 32.9 Å². The Bertz CT molecular complexity index is 259. The maximum Gasteiger partial charge on any atom is 0.0795 e. The van der Waals surface area contributed by atoms with Crippen molar-refractivity contribution >= 4 is 11.3 Å². The number of thiazole rings is 1. The molecule has 0 amide bonds. The molecule has 1 rings (SSSR count). The Hall–Kier alpha value is -0.450. The van der Waals surface area contributed by atoms with E-state index in [0.29, 0.717) is 12.0 Å². The quantitative estimate of drug-likeness (QED) is 0.807. The van der Waals surface area contributed by atoms with Crippen LogP contribution in [0.4, 0.5) is 0 Å². The lowest BCUT2D eigenvalue weighted by molar-refractivity contribution is 0.294. The van der Waals surface area contributed by atoms with Gasteiger partial charge in [-0.2, -0.15) is 0 Å². The van der Waals surface area contributed by atoms with E-state index < -0.39 is 0 Å². The van der Waals surface area contributed by atoms with Gasteiger partial charge in [-0.25, -0.2) is 4.98 Å². The summed E-state index contributed by atoms with van der Waals surface area (Å²) in [6.45, 7) is 6.31. The first-order chi connectivity index (χ1) is 7.09. The first-order valence-corrected chi connectivity index (χ1v) is 6.35. The third-order valence-electron chi connectivity index (χ3n) is 2.62. The van der Waals surface area contributed by atoms with Crippen molar-refractivity contribution in [1.29, 1.82) is 0 Å². The molecule has 1 heterocycles. The predicted molar refractivity (Wildman–Crippen MR) is 65.9 cm³/mol. The normalized spacial score (nSPS) is 13.7. The van der Waals surface area contributed by atoms with E-state index in [0.717, 1.165) is 25.2 Å². The van der Waals surface area contributed by atoms with E-state index in [-0.39, 0.29) is 0 Å². The van der Waals surface area contributed by atoms with Gasteiger partial charge in [0.2, 0.25) is 0 Å². The summed E-state index contributed by atoms with van der Waals surface area (Å²) in [7, 11) is 2.12. The highest BCUT2D eigenvalue weighted by atomic mass is 32.1. The first-order valence-electron chi connectivity index (χ1n) is 5.40. The van der Waals surface area contributed by atoms with E-state index in [1.54, 1.807) is 11.3 Å². The molecule has 1 unspecified atom stereocenters. The van der Waals surface area contributed by atoms with Crippen LogP contribution in [0.3, 0.4) is 0 Å². The van der Waals surface area contributed by atoms with Crippen LogP contribution in [-0.4, -0.2) is 29.5 Å². The maximum atomic E-state index is 6.00. The highest BCUT2D eigenvalue weighted by Gasteiger charge is 2.09. The fourth-order valence-corrected chi connectivity index (χ4v) is 1.92. The maximum absolute atomic E-state index is 6.00. The molecule has 86 valence electrons. The first kappa shape index (κ1) is 12.6. The molecule has 4 heteroatoms. The molecule has 1 atom stereocenters. The molecule has 0 aromatic carbocycles. The number of rotatable bonds is 6. The van der Waals surface area contributed by atoms with E-state index in [2.05, 4.69) is 36.2 Å². The summed E-state index contributed by atoms with van der Waals surface area (Å²) in [6, 6.07) is 0.308. The molecule has 1 aromatic rings. The Balaban J connectivity index is 2.22. The molecule has 0 saturated carbocycles. The molecule has 0 radical (unpaired) electrons. The second kappa shape index (κ2) is 6.20. The molecule has 1 aromatic heterocycles. The lowest BCUT2D eigenvalue weighted by Crippen LogP contribution is -2.31. The van der Waals surface area contributed by atoms with Crippen molar-refractivity contribution in [3.63, 3.8) is 0 Å². The van der Waals surface area contributed by atoms with Crippen molar-refractivity contribution < 1.29 is 0 Å². The topological polar surface area (TPSA) is 42.1 Å². The van der Waals surface area contributed by atoms with E-state index in [1.165, 1.54) is 0 Å². The molecule has 0 saturated heterocycles. The van der Waals surface area contributed by atoms with E-state index in [1.807, 2.05) is 5.51 Å². The summed E-state index contributed by atoms with van der Waals surface area (Å²) in [5.74, 6) is 0.567. The molecule has 0 aliphatic heterocycles. The Morgan fingerprint density at radius 2 is 2.27 bits per heavy atom. The van der Waals surface area contributed by atoms with E-state index in [4.69, 9.17) is 5.73 Å². The van der Waals surface area contributed by atoms with Gasteiger partial charge in [0.05, 0.1) is 11.2 Å². The molecule has 3 nitrogen and oxygen atoms in total. The summed E-state index contributed by atoms with van der Waals surface area (Å²) in [6.07, 6.45) is 1.05. The third kappa shape index (κ3) is 4.73. The zero-order valence-corrected chi connectivity index (χ0v) is 10.6. The lowest BCUT2D eigenvalue weighted by atomic mass is 10.0. The number of hydrogen-bond donors (Lipinski definition) is 1. The van der Waals surface area contributed by atoms with Gasteiger partial charge in [-0.3, -0.25) is 0 Å². The minimum atomic E-state index is 0.308. The van der Waals surface area contributed by atoms with Crippen LogP contribution in [0.5, 0.6) is 0 Å². The van der Waals surface area contributed by atoms with Crippen molar-refractivity contribution in [1.82, 2.24) is 9.88 Å². The van der Waals surface area contributed by atoms with Crippen LogP contribution < -0.4 is 5.73 Å². The van der Waals surface area contributed by atoms with Crippen molar-refractivity contribution in [2.24, 2.45) is 11.7 Å². The van der Waals surface area contributed by atoms with Crippen molar-refractivity contribution in [3.05, 3.63) is 16.6 Å². The SMILES string of the molecule is CC(C)C(N)CCN(C)Cc1cscn1. The number of nitrogens with zero attached hydrogens (tertiary/aromatic N) is 2. The van der Waals surface area contributed by atoms with Gasteiger partial charge in [-0.15, -0.1) is 11.3 Å². The van der Waals surface area contributed by atoms with E-state index in [9.17, 15) is 0 Å². The Labute approximate surface area is 96.3 Å². The zero-order chi connectivity index (χ0) is 11.3. The summed E-state index contributed by atoms with van der Waals surface area (Å²) in [5, 5.41) is 2.10. The minimum absolute atomic E-state index is 0.308. The number of aromatic nitrogens is 1. The summed E-state index contributed by atoms with van der Waals surface area (Å²) < 4.78 is 0. The second-order valence-electron chi connectivity index (χ2n) is 4.41. The highest BCUT2D eigenvalue weighted by Crippen LogP contribution is 2.07. The number of nitrogens with two attached hydrogens (primary N) is 1. The van der Waals surface area contributed by atoms with E-state index >= 15 is 0 Å². The van der Waals surface area contributed by atoms with Gasteiger partial charge < -0.3 is 10.6 Å². The minimum Gasteiger partial charge on any atom is -0.327 e. The van der Waals surface area contributed by atoms with Gasteiger partial charge in [-0.1, -0.05) is 13.8 Å². The summed E-state index contributed by atoms with van der Waals surface area (Å²) >= 11 is 1.65. The van der Waals surface area contributed by atoms with Crippen LogP contribution in [0.25, 0.3) is 0 Å². The van der Waals surface area contributed by atoms with Gasteiger partial charge in [0.1, 0.15) is 0 Å². The molecule has 0 spiro atoms. The average molecular weight is 227 g/mol. The average Bonchev–Trinajstić information content (AvgIpc) is 2.66. The van der Waals surface area contributed by atoms with Crippen LogP contribution >= 0.6 is 11.3 Å². The van der Waals surface area contributed by atoms with Crippen molar-refractivity contribution in [2.75, 3.05) is 13.6 Å². The number of hydrogen-bond acceptors (Lipinski definition) is 4. The Morgan fingerprint density at radius 3 is 2.80 bits per heavy atom. The molecule has 15 heavy (non-hydrogen) atoms. The molecular weight excluding hydrogens is 206 g/mol. The predicted octanol–water partition coefficient (Wildman–Crippen LogP) is 1.95. The van der Waals surface area contributed by atoms with Crippen LogP contribution in [0.1, 0.15) is 26.0 Å². The zero-order valence-electron chi connectivity index (χ0n) is 9.81. The van der Waals surface area contributed by atoms with Crippen LogP contribution in [0, 0.1) is 5.92 Å². The molecule has 0 bridgehead atoms. The molecule has 0 fully saturated rings. The molecule has 2 N–H and O–H groups in total. The van der Waals surface area contributed by atoms with Gasteiger partial charge >= 0.3 is 0 Å². The van der Waals surface area contributed by atoms with Crippen LogP contribution in [0.15, 0.2) is 10.9 Å². The fraction of sp³-hybridized carbons (Fsp3) is 0.727. The Kier molecular flexibility index (Phi) is 5.22. The van der Waals surface area contributed by atoms with Gasteiger partial charge in [-0.05, 0) is 25.9 Å². The molecule has 0 aliphatic rings. The monoisotopic (exact) mass is 227 g/mol. The van der Waals surface area contributed by atoms with Gasteiger partial charge in [0.15, 0.2) is 0 Å². The van der Waals surface area contributed by atoms with Crippen LogP contribution in [0.2, 0.25) is 0 Å².